The van der Waals surface area contributed by atoms with Crippen LogP contribution in [0.15, 0.2) is 0 Å². The van der Waals surface area contributed by atoms with Crippen molar-refractivity contribution in [2.45, 2.75) is 30.9 Å². The van der Waals surface area contributed by atoms with Crippen molar-refractivity contribution in [3.05, 3.63) is 0 Å². The number of hydrogen-bond acceptors (Lipinski definition) is 4. The summed E-state index contributed by atoms with van der Waals surface area (Å²) in [6.45, 7) is 2.25. The highest BCUT2D eigenvalue weighted by atomic mass is 32.2. The maximum Gasteiger partial charge on any atom is 0.322 e. The van der Waals surface area contributed by atoms with E-state index in [1.165, 1.54) is 0 Å². The first kappa shape index (κ1) is 10.0. The van der Waals surface area contributed by atoms with Crippen LogP contribution in [0, 0.1) is 5.92 Å². The minimum absolute atomic E-state index is 0.109. The number of esters is 1. The van der Waals surface area contributed by atoms with Crippen LogP contribution in [0.25, 0.3) is 0 Å². The summed E-state index contributed by atoms with van der Waals surface area (Å²) in [6.07, 6.45) is 1.93. The van der Waals surface area contributed by atoms with E-state index < -0.39 is 0 Å². The van der Waals surface area contributed by atoms with E-state index in [1.54, 1.807) is 11.8 Å². The third-order valence-corrected chi connectivity index (χ3v) is 4.67. The van der Waals surface area contributed by atoms with E-state index in [4.69, 9.17) is 4.74 Å². The Morgan fingerprint density at radius 1 is 1.71 bits per heavy atom. The predicted octanol–water partition coefficient (Wildman–Crippen LogP) is 1.40. The van der Waals surface area contributed by atoms with Crippen molar-refractivity contribution in [1.82, 2.24) is 0 Å². The Hall–Kier alpha value is -0.510. The maximum atomic E-state index is 11.7. The lowest BCUT2D eigenvalue weighted by molar-refractivity contribution is -0.147. The Balaban J connectivity index is 2.11. The fourth-order valence-corrected chi connectivity index (χ4v) is 3.76. The number of Topliss-reactive ketones (excluding diaryl/α,β-unsaturated/α-hetero) is 1. The second-order valence-corrected chi connectivity index (χ2v) is 5.30. The van der Waals surface area contributed by atoms with Crippen LogP contribution < -0.4 is 0 Å². The monoisotopic (exact) mass is 214 g/mol. The summed E-state index contributed by atoms with van der Waals surface area (Å²) in [5, 5.41) is 0. The second kappa shape index (κ2) is 3.57. The standard InChI is InChI=1S/C10H14O3S/c1-2-13-9(12)10-4-3-8(11)7(5-10)6-14-10/h7H,2-6H2,1H3. The third kappa shape index (κ3) is 1.45. The summed E-state index contributed by atoms with van der Waals surface area (Å²) < 4.78 is 4.69. The predicted molar refractivity (Wildman–Crippen MR) is 54.2 cm³/mol. The molecule has 1 saturated carbocycles. The first-order valence-corrected chi connectivity index (χ1v) is 6.00. The van der Waals surface area contributed by atoms with Crippen molar-refractivity contribution in [3.63, 3.8) is 0 Å². The van der Waals surface area contributed by atoms with Crippen molar-refractivity contribution >= 4 is 23.5 Å². The molecular weight excluding hydrogens is 200 g/mol. The van der Waals surface area contributed by atoms with Crippen molar-refractivity contribution in [3.8, 4) is 0 Å². The Labute approximate surface area is 87.6 Å². The minimum Gasteiger partial charge on any atom is -0.465 e. The Morgan fingerprint density at radius 3 is 3.21 bits per heavy atom. The van der Waals surface area contributed by atoms with Gasteiger partial charge in [0, 0.05) is 18.1 Å². The molecule has 0 aromatic heterocycles. The molecule has 0 amide bonds. The van der Waals surface area contributed by atoms with E-state index in [2.05, 4.69) is 0 Å². The average molecular weight is 214 g/mol. The Morgan fingerprint density at radius 2 is 2.50 bits per heavy atom. The van der Waals surface area contributed by atoms with Gasteiger partial charge < -0.3 is 4.74 Å². The van der Waals surface area contributed by atoms with Crippen LogP contribution in [0.1, 0.15) is 26.2 Å². The highest BCUT2D eigenvalue weighted by Crippen LogP contribution is 2.49. The van der Waals surface area contributed by atoms with E-state index in [0.717, 1.165) is 5.75 Å². The van der Waals surface area contributed by atoms with Gasteiger partial charge in [-0.3, -0.25) is 9.59 Å². The number of carbonyl (C=O) groups is 2. The van der Waals surface area contributed by atoms with Crippen LogP contribution >= 0.6 is 11.8 Å². The van der Waals surface area contributed by atoms with Gasteiger partial charge in [-0.15, -0.1) is 11.8 Å². The van der Waals surface area contributed by atoms with Crippen molar-refractivity contribution in [2.24, 2.45) is 5.92 Å². The molecule has 0 aromatic carbocycles. The molecule has 1 heterocycles. The molecule has 1 aliphatic heterocycles. The van der Waals surface area contributed by atoms with E-state index in [0.29, 0.717) is 31.7 Å². The number of hydrogen-bond donors (Lipinski definition) is 0. The summed E-state index contributed by atoms with van der Waals surface area (Å²) in [5.74, 6) is 1.13. The molecule has 2 aliphatic rings. The normalized spacial score (nSPS) is 35.8. The number of carbonyl (C=O) groups excluding carboxylic acids is 2. The molecule has 14 heavy (non-hydrogen) atoms. The number of fused-ring (bicyclic) bond motifs is 2. The van der Waals surface area contributed by atoms with Crippen molar-refractivity contribution in [2.75, 3.05) is 12.4 Å². The lowest BCUT2D eigenvalue weighted by atomic mass is 9.81. The zero-order valence-electron chi connectivity index (χ0n) is 8.25. The highest BCUT2D eigenvalue weighted by molar-refractivity contribution is 8.01. The lowest BCUT2D eigenvalue weighted by Gasteiger charge is -2.28. The van der Waals surface area contributed by atoms with Gasteiger partial charge in [0.25, 0.3) is 0 Å². The average Bonchev–Trinajstić information content (AvgIpc) is 2.54. The van der Waals surface area contributed by atoms with Gasteiger partial charge in [0.05, 0.1) is 6.61 Å². The zero-order valence-corrected chi connectivity index (χ0v) is 9.06. The molecule has 0 N–H and O–H groups in total. The van der Waals surface area contributed by atoms with E-state index in [-0.39, 0.29) is 16.6 Å². The largest absolute Gasteiger partial charge is 0.465 e. The van der Waals surface area contributed by atoms with Gasteiger partial charge in [0.1, 0.15) is 10.5 Å². The second-order valence-electron chi connectivity index (χ2n) is 3.89. The molecule has 0 aromatic rings. The van der Waals surface area contributed by atoms with Crippen molar-refractivity contribution < 1.29 is 14.3 Å². The van der Waals surface area contributed by atoms with Gasteiger partial charge in [-0.1, -0.05) is 0 Å². The fraction of sp³-hybridized carbons (Fsp3) is 0.800. The highest BCUT2D eigenvalue weighted by Gasteiger charge is 2.52. The first-order valence-electron chi connectivity index (χ1n) is 5.02. The van der Waals surface area contributed by atoms with Crippen LogP contribution in [-0.4, -0.2) is 28.9 Å². The van der Waals surface area contributed by atoms with Gasteiger partial charge in [-0.2, -0.15) is 0 Å². The van der Waals surface area contributed by atoms with Crippen LogP contribution in [0.2, 0.25) is 0 Å². The molecule has 3 nitrogen and oxygen atoms in total. The molecule has 2 rings (SSSR count). The number of rotatable bonds is 2. The van der Waals surface area contributed by atoms with Crippen molar-refractivity contribution in [1.29, 1.82) is 0 Å². The molecule has 2 atom stereocenters. The summed E-state index contributed by atoms with van der Waals surface area (Å²) in [7, 11) is 0. The number of ether oxygens (including phenoxy) is 1. The quantitative estimate of drug-likeness (QED) is 0.652. The maximum absolute atomic E-state index is 11.7. The van der Waals surface area contributed by atoms with E-state index in [1.807, 2.05) is 6.92 Å². The topological polar surface area (TPSA) is 43.4 Å². The van der Waals surface area contributed by atoms with Gasteiger partial charge >= 0.3 is 5.97 Å². The minimum atomic E-state index is -0.380. The molecule has 2 bridgehead atoms. The molecule has 0 spiro atoms. The zero-order chi connectivity index (χ0) is 10.2. The van der Waals surface area contributed by atoms with Crippen LogP contribution in [0.3, 0.4) is 0 Å². The third-order valence-electron chi connectivity index (χ3n) is 3.01. The molecule has 2 unspecified atom stereocenters. The molecule has 78 valence electrons. The van der Waals surface area contributed by atoms with E-state index >= 15 is 0 Å². The van der Waals surface area contributed by atoms with Gasteiger partial charge in [0.2, 0.25) is 0 Å². The number of ketones is 1. The smallest absolute Gasteiger partial charge is 0.322 e. The summed E-state index contributed by atoms with van der Waals surface area (Å²) >= 11 is 1.62. The van der Waals surface area contributed by atoms with Crippen LogP contribution in [0.4, 0.5) is 0 Å². The molecular formula is C10H14O3S. The Bertz CT molecular complexity index is 277. The summed E-state index contributed by atoms with van der Waals surface area (Å²) in [4.78, 5) is 23.1. The fourth-order valence-electron chi connectivity index (χ4n) is 2.19. The molecule has 2 fully saturated rings. The van der Waals surface area contributed by atoms with Crippen LogP contribution in [0.5, 0.6) is 0 Å². The van der Waals surface area contributed by atoms with E-state index in [9.17, 15) is 9.59 Å². The Kier molecular flexibility index (Phi) is 2.56. The lowest BCUT2D eigenvalue weighted by Crippen LogP contribution is -2.39. The first-order chi connectivity index (χ1) is 6.68. The van der Waals surface area contributed by atoms with Gasteiger partial charge in [-0.05, 0) is 19.8 Å². The van der Waals surface area contributed by atoms with Crippen LogP contribution in [-0.2, 0) is 14.3 Å². The van der Waals surface area contributed by atoms with Gasteiger partial charge in [-0.25, -0.2) is 0 Å². The molecule has 4 heteroatoms. The summed E-state index contributed by atoms with van der Waals surface area (Å²) in [5.41, 5.74) is 0. The SMILES string of the molecule is CCOC(=O)C12CCC(=O)C(CS1)C2. The molecule has 1 aliphatic carbocycles. The molecule has 1 saturated heterocycles. The number of thioether (sulfide) groups is 1. The van der Waals surface area contributed by atoms with Gasteiger partial charge in [0.15, 0.2) is 0 Å². The summed E-state index contributed by atoms with van der Waals surface area (Å²) in [6, 6.07) is 0. The molecule has 0 radical (unpaired) electrons.